The normalized spacial score (nSPS) is 14.1. The number of aryl methyl sites for hydroxylation is 1. The van der Waals surface area contributed by atoms with E-state index in [1.807, 2.05) is 49.4 Å². The summed E-state index contributed by atoms with van der Waals surface area (Å²) in [5.74, 6) is 0.645. The first-order valence-electron chi connectivity index (χ1n) is 10.6. The predicted octanol–water partition coefficient (Wildman–Crippen LogP) is 3.79. The molecule has 1 fully saturated rings. The highest BCUT2D eigenvalue weighted by Gasteiger charge is 2.17. The number of anilines is 1. The lowest BCUT2D eigenvalue weighted by molar-refractivity contribution is -0.119. The van der Waals surface area contributed by atoms with Gasteiger partial charge in [-0.2, -0.15) is 0 Å². The molecule has 160 valence electrons. The van der Waals surface area contributed by atoms with Gasteiger partial charge in [0.15, 0.2) is 0 Å². The van der Waals surface area contributed by atoms with E-state index in [1.165, 1.54) is 19.3 Å². The topological polar surface area (TPSA) is 79.5 Å². The second-order valence-electron chi connectivity index (χ2n) is 7.82. The van der Waals surface area contributed by atoms with Crippen molar-refractivity contribution in [1.29, 1.82) is 0 Å². The number of amides is 2. The Kier molecular flexibility index (Phi) is 7.71. The van der Waals surface area contributed by atoms with Gasteiger partial charge in [0.1, 0.15) is 5.75 Å². The first kappa shape index (κ1) is 21.7. The number of nitrogens with one attached hydrogen (secondary N) is 3. The largest absolute Gasteiger partial charge is 0.497 e. The van der Waals surface area contributed by atoms with Crippen LogP contribution >= 0.6 is 0 Å². The number of methoxy groups -OCH3 is 1. The van der Waals surface area contributed by atoms with Crippen molar-refractivity contribution in [2.75, 3.05) is 19.0 Å². The van der Waals surface area contributed by atoms with Crippen LogP contribution in [0, 0.1) is 6.92 Å². The molecule has 0 radical (unpaired) electrons. The molecule has 0 aliphatic heterocycles. The lowest BCUT2D eigenvalue weighted by atomic mass is 9.95. The summed E-state index contributed by atoms with van der Waals surface area (Å²) in [5.41, 5.74) is 3.42. The monoisotopic (exact) mass is 409 g/mol. The predicted molar refractivity (Wildman–Crippen MR) is 119 cm³/mol. The van der Waals surface area contributed by atoms with Gasteiger partial charge in [-0.25, -0.2) is 0 Å². The van der Waals surface area contributed by atoms with E-state index in [9.17, 15) is 9.59 Å². The lowest BCUT2D eigenvalue weighted by Crippen LogP contribution is -2.36. The molecule has 0 saturated heterocycles. The van der Waals surface area contributed by atoms with E-state index in [1.54, 1.807) is 7.11 Å². The molecular formula is C24H31N3O3. The minimum absolute atomic E-state index is 0.0208. The number of carbonyl (C=O) groups is 2. The van der Waals surface area contributed by atoms with Gasteiger partial charge >= 0.3 is 0 Å². The average molecular weight is 410 g/mol. The zero-order valence-electron chi connectivity index (χ0n) is 17.8. The Hall–Kier alpha value is -3.02. The molecule has 0 aromatic heterocycles. The molecule has 0 unspecified atom stereocenters. The van der Waals surface area contributed by atoms with Gasteiger partial charge in [-0.15, -0.1) is 0 Å². The minimum Gasteiger partial charge on any atom is -0.497 e. The van der Waals surface area contributed by atoms with Crippen LogP contribution in [0.5, 0.6) is 5.75 Å². The zero-order valence-corrected chi connectivity index (χ0v) is 17.8. The van der Waals surface area contributed by atoms with Crippen LogP contribution in [-0.2, 0) is 11.3 Å². The fraction of sp³-hybridized carbons (Fsp3) is 0.417. The first-order chi connectivity index (χ1) is 14.5. The molecule has 6 heteroatoms. The third-order valence-corrected chi connectivity index (χ3v) is 5.49. The van der Waals surface area contributed by atoms with Crippen LogP contribution in [0.15, 0.2) is 42.5 Å². The molecule has 0 spiro atoms. The molecule has 0 heterocycles. The summed E-state index contributed by atoms with van der Waals surface area (Å²) in [6.07, 6.45) is 5.77. The van der Waals surface area contributed by atoms with Crippen molar-refractivity contribution in [1.82, 2.24) is 10.6 Å². The molecule has 0 atom stereocenters. The highest BCUT2D eigenvalue weighted by atomic mass is 16.5. The minimum atomic E-state index is -0.101. The van der Waals surface area contributed by atoms with Crippen molar-refractivity contribution in [3.8, 4) is 5.75 Å². The molecule has 3 N–H and O–H groups in total. The van der Waals surface area contributed by atoms with Crippen LogP contribution in [-0.4, -0.2) is 31.5 Å². The Morgan fingerprint density at radius 3 is 2.60 bits per heavy atom. The number of carbonyl (C=O) groups excluding carboxylic acids is 2. The lowest BCUT2D eigenvalue weighted by Gasteiger charge is -2.23. The standard InChI is InChI=1S/C24H31N3O3/c1-17-13-19(24(29)27-20-8-4-3-5-9-20)11-12-22(17)25-16-23(28)26-15-18-7-6-10-21(14-18)30-2/h6-7,10-14,20,25H,3-5,8-9,15-16H2,1-2H3,(H,26,28)(H,27,29). The number of hydrogen-bond acceptors (Lipinski definition) is 4. The van der Waals surface area contributed by atoms with Gasteiger partial charge in [-0.3, -0.25) is 9.59 Å². The molecule has 0 bridgehead atoms. The van der Waals surface area contributed by atoms with Crippen molar-refractivity contribution in [2.24, 2.45) is 0 Å². The van der Waals surface area contributed by atoms with E-state index in [4.69, 9.17) is 4.74 Å². The number of benzene rings is 2. The molecule has 1 saturated carbocycles. The summed E-state index contributed by atoms with van der Waals surface area (Å²) in [6.45, 7) is 2.54. The number of ether oxygens (including phenoxy) is 1. The van der Waals surface area contributed by atoms with Gasteiger partial charge in [-0.1, -0.05) is 31.4 Å². The van der Waals surface area contributed by atoms with Crippen LogP contribution in [0.3, 0.4) is 0 Å². The highest BCUT2D eigenvalue weighted by molar-refractivity contribution is 5.95. The van der Waals surface area contributed by atoms with Gasteiger partial charge in [-0.05, 0) is 61.2 Å². The third kappa shape index (κ3) is 6.24. The van der Waals surface area contributed by atoms with Gasteiger partial charge < -0.3 is 20.7 Å². The molecule has 2 aromatic rings. The van der Waals surface area contributed by atoms with Gasteiger partial charge in [0.25, 0.3) is 5.91 Å². The summed E-state index contributed by atoms with van der Waals surface area (Å²) in [4.78, 5) is 24.7. The SMILES string of the molecule is COc1cccc(CNC(=O)CNc2ccc(C(=O)NC3CCCCC3)cc2C)c1. The van der Waals surface area contributed by atoms with Gasteiger partial charge in [0.2, 0.25) is 5.91 Å². The van der Waals surface area contributed by atoms with E-state index in [0.29, 0.717) is 12.1 Å². The van der Waals surface area contributed by atoms with Crippen molar-refractivity contribution < 1.29 is 14.3 Å². The molecule has 2 amide bonds. The van der Waals surface area contributed by atoms with Crippen molar-refractivity contribution in [2.45, 2.75) is 51.6 Å². The molecular weight excluding hydrogens is 378 g/mol. The second kappa shape index (κ2) is 10.7. The van der Waals surface area contributed by atoms with Crippen molar-refractivity contribution in [3.63, 3.8) is 0 Å². The van der Waals surface area contributed by atoms with Crippen molar-refractivity contribution in [3.05, 3.63) is 59.2 Å². The number of rotatable bonds is 8. The Labute approximate surface area is 178 Å². The van der Waals surface area contributed by atoms with E-state index in [0.717, 1.165) is 35.4 Å². The fourth-order valence-electron chi connectivity index (χ4n) is 3.74. The smallest absolute Gasteiger partial charge is 0.251 e. The Morgan fingerprint density at radius 2 is 1.87 bits per heavy atom. The summed E-state index contributed by atoms with van der Waals surface area (Å²) in [5, 5.41) is 9.18. The van der Waals surface area contributed by atoms with Crippen LogP contribution in [0.25, 0.3) is 0 Å². The fourth-order valence-corrected chi connectivity index (χ4v) is 3.74. The quantitative estimate of drug-likeness (QED) is 0.620. The maximum absolute atomic E-state index is 12.5. The summed E-state index contributed by atoms with van der Waals surface area (Å²) < 4.78 is 5.20. The molecule has 3 rings (SSSR count). The van der Waals surface area contributed by atoms with Crippen LogP contribution < -0.4 is 20.7 Å². The van der Waals surface area contributed by atoms with Crippen LogP contribution in [0.2, 0.25) is 0 Å². The summed E-state index contributed by atoms with van der Waals surface area (Å²) in [6, 6.07) is 13.4. The molecule has 30 heavy (non-hydrogen) atoms. The average Bonchev–Trinajstić information content (AvgIpc) is 2.77. The second-order valence-corrected chi connectivity index (χ2v) is 7.82. The van der Waals surface area contributed by atoms with E-state index in [-0.39, 0.29) is 24.4 Å². The summed E-state index contributed by atoms with van der Waals surface area (Å²) in [7, 11) is 1.62. The Morgan fingerprint density at radius 1 is 1.07 bits per heavy atom. The van der Waals surface area contributed by atoms with Gasteiger partial charge in [0, 0.05) is 23.8 Å². The van der Waals surface area contributed by atoms with E-state index < -0.39 is 0 Å². The first-order valence-corrected chi connectivity index (χ1v) is 10.6. The Balaban J connectivity index is 1.47. The highest BCUT2D eigenvalue weighted by Crippen LogP contribution is 2.20. The molecule has 6 nitrogen and oxygen atoms in total. The third-order valence-electron chi connectivity index (χ3n) is 5.49. The maximum Gasteiger partial charge on any atom is 0.251 e. The Bertz CT molecular complexity index is 876. The molecule has 2 aromatic carbocycles. The van der Waals surface area contributed by atoms with Crippen LogP contribution in [0.4, 0.5) is 5.69 Å². The maximum atomic E-state index is 12.5. The van der Waals surface area contributed by atoms with Gasteiger partial charge in [0.05, 0.1) is 13.7 Å². The van der Waals surface area contributed by atoms with Crippen LogP contribution in [0.1, 0.15) is 53.6 Å². The number of hydrogen-bond donors (Lipinski definition) is 3. The van der Waals surface area contributed by atoms with E-state index >= 15 is 0 Å². The molecule has 1 aliphatic carbocycles. The van der Waals surface area contributed by atoms with Crippen molar-refractivity contribution >= 4 is 17.5 Å². The van der Waals surface area contributed by atoms with E-state index in [2.05, 4.69) is 16.0 Å². The zero-order chi connectivity index (χ0) is 21.3. The molecule has 1 aliphatic rings. The summed E-state index contributed by atoms with van der Waals surface area (Å²) >= 11 is 0.